The molecule has 10 nitrogen and oxygen atoms in total. The van der Waals surface area contributed by atoms with E-state index in [-0.39, 0.29) is 37.7 Å². The van der Waals surface area contributed by atoms with Crippen molar-refractivity contribution in [2.45, 2.75) is 19.4 Å². The van der Waals surface area contributed by atoms with Gasteiger partial charge in [-0.3, -0.25) is 14.4 Å². The zero-order chi connectivity index (χ0) is 22.9. The van der Waals surface area contributed by atoms with Gasteiger partial charge < -0.3 is 24.6 Å². The normalized spacial score (nSPS) is 19.5. The number of amides is 1. The first-order chi connectivity index (χ1) is 14.6. The summed E-state index contributed by atoms with van der Waals surface area (Å²) in [5, 5.41) is 11.7. The summed E-state index contributed by atoms with van der Waals surface area (Å²) in [6.45, 7) is 0.545. The third-order valence-electron chi connectivity index (χ3n) is 4.72. The number of carbonyl (C=O) groups is 2. The molecule has 1 saturated heterocycles. The number of carbonyl (C=O) groups excluding carboxylic acids is 2. The van der Waals surface area contributed by atoms with Crippen LogP contribution in [0.5, 0.6) is 0 Å². The first-order valence-corrected chi connectivity index (χ1v) is 10.1. The van der Waals surface area contributed by atoms with Gasteiger partial charge in [0, 0.05) is 25.2 Å². The second kappa shape index (κ2) is 9.08. The molecule has 168 valence electrons. The van der Waals surface area contributed by atoms with Crippen molar-refractivity contribution >= 4 is 37.6 Å². The van der Waals surface area contributed by atoms with E-state index in [1.807, 2.05) is 0 Å². The average Bonchev–Trinajstić information content (AvgIpc) is 3.09. The monoisotopic (exact) mass is 462 g/mol. The number of amidine groups is 1. The fourth-order valence-corrected chi connectivity index (χ4v) is 3.80. The Labute approximate surface area is 175 Å². The largest absolute Gasteiger partial charge is 0.442 e. The lowest BCUT2D eigenvalue weighted by Crippen LogP contribution is -2.35. The van der Waals surface area contributed by atoms with Crippen molar-refractivity contribution in [2.24, 2.45) is 5.16 Å². The molecule has 1 aromatic carbocycles. The van der Waals surface area contributed by atoms with Crippen molar-refractivity contribution < 1.29 is 42.5 Å². The zero-order valence-electron chi connectivity index (χ0n) is 16.1. The summed E-state index contributed by atoms with van der Waals surface area (Å²) in [4.78, 5) is 44.0. The van der Waals surface area contributed by atoms with Crippen molar-refractivity contribution in [2.75, 3.05) is 29.4 Å². The zero-order valence-corrected chi connectivity index (χ0v) is 17.0. The number of hydrogen-bond donors (Lipinski definition) is 3. The third kappa shape index (κ3) is 4.58. The predicted octanol–water partition coefficient (Wildman–Crippen LogP) is 2.04. The molecule has 14 heteroatoms. The molecule has 2 aliphatic heterocycles. The molecular weight excluding hydrogens is 444 g/mol. The predicted molar refractivity (Wildman–Crippen MR) is 103 cm³/mol. The maximum absolute atomic E-state index is 14.8. The number of nitrogens with zero attached hydrogens (tertiary/aromatic N) is 4. The maximum atomic E-state index is 14.8. The Hall–Kier alpha value is -2.89. The summed E-state index contributed by atoms with van der Waals surface area (Å²) in [5.41, 5.74) is -1.39. The fraction of sp³-hybridized carbons (Fsp3) is 0.353. The highest BCUT2D eigenvalue weighted by molar-refractivity contribution is 7.43. The molecule has 2 heterocycles. The van der Waals surface area contributed by atoms with E-state index in [1.165, 1.54) is 6.92 Å². The van der Waals surface area contributed by atoms with Crippen LogP contribution in [0.1, 0.15) is 13.3 Å². The third-order valence-corrected chi connectivity index (χ3v) is 5.60. The maximum Gasteiger partial charge on any atom is 0.414 e. The number of anilines is 2. The van der Waals surface area contributed by atoms with Crippen LogP contribution in [-0.2, 0) is 9.53 Å². The smallest absolute Gasteiger partial charge is 0.414 e. The molecule has 0 aromatic heterocycles. The van der Waals surface area contributed by atoms with Gasteiger partial charge in [0.05, 0.1) is 18.8 Å². The Bertz CT molecular complexity index is 960. The lowest BCUT2D eigenvalue weighted by Gasteiger charge is -2.26. The SMILES string of the molecule is C/C(=N\O)N(CC1CN(c2cc(F)c(N3C=CC(=O)CC3)c(F)c2F)C(=O)O1)P(O)O. The van der Waals surface area contributed by atoms with Gasteiger partial charge in [0.2, 0.25) is 0 Å². The van der Waals surface area contributed by atoms with Gasteiger partial charge in [-0.1, -0.05) is 5.16 Å². The van der Waals surface area contributed by atoms with Crippen molar-refractivity contribution in [1.29, 1.82) is 0 Å². The van der Waals surface area contributed by atoms with Crippen LogP contribution in [0.15, 0.2) is 23.5 Å². The highest BCUT2D eigenvalue weighted by atomic mass is 31.2. The van der Waals surface area contributed by atoms with Gasteiger partial charge in [-0.25, -0.2) is 18.0 Å². The minimum atomic E-state index is -2.74. The Balaban J connectivity index is 1.85. The minimum absolute atomic E-state index is 0.00416. The van der Waals surface area contributed by atoms with E-state index >= 15 is 0 Å². The number of ether oxygens (including phenoxy) is 1. The van der Waals surface area contributed by atoms with Crippen LogP contribution >= 0.6 is 8.53 Å². The van der Waals surface area contributed by atoms with Crippen LogP contribution in [0.3, 0.4) is 0 Å². The summed E-state index contributed by atoms with van der Waals surface area (Å²) in [6.07, 6.45) is 0.128. The molecule has 31 heavy (non-hydrogen) atoms. The van der Waals surface area contributed by atoms with Gasteiger partial charge in [-0.15, -0.1) is 0 Å². The molecule has 3 rings (SSSR count). The molecule has 1 aromatic rings. The molecule has 3 N–H and O–H groups in total. The number of hydrogen-bond acceptors (Lipinski definition) is 8. The van der Waals surface area contributed by atoms with Crippen LogP contribution in [0, 0.1) is 17.5 Å². The molecule has 0 spiro atoms. The Morgan fingerprint density at radius 1 is 1.32 bits per heavy atom. The van der Waals surface area contributed by atoms with Gasteiger partial charge in [0.25, 0.3) is 8.53 Å². The van der Waals surface area contributed by atoms with Gasteiger partial charge in [0.1, 0.15) is 17.6 Å². The number of ketones is 1. The van der Waals surface area contributed by atoms with Crippen LogP contribution in [-0.4, -0.2) is 63.1 Å². The van der Waals surface area contributed by atoms with Crippen molar-refractivity contribution in [1.82, 2.24) is 4.67 Å². The topological polar surface area (TPSA) is 126 Å². The second-order valence-corrected chi connectivity index (χ2v) is 7.71. The molecule has 0 saturated carbocycles. The molecule has 0 aliphatic carbocycles. The summed E-state index contributed by atoms with van der Waals surface area (Å²) in [7, 11) is -2.74. The van der Waals surface area contributed by atoms with Gasteiger partial charge in [-0.2, -0.15) is 0 Å². The molecule has 0 bridgehead atoms. The van der Waals surface area contributed by atoms with Crippen LogP contribution in [0.2, 0.25) is 0 Å². The quantitative estimate of drug-likeness (QED) is 0.152. The number of halogens is 3. The number of allylic oxidation sites excluding steroid dienone is 1. The first kappa shape index (κ1) is 22.8. The molecular formula is C17H18F3N4O6P. The minimum Gasteiger partial charge on any atom is -0.442 e. The lowest BCUT2D eigenvalue weighted by atomic mass is 10.1. The molecule has 1 fully saturated rings. The lowest BCUT2D eigenvalue weighted by molar-refractivity contribution is -0.114. The van der Waals surface area contributed by atoms with Gasteiger partial charge >= 0.3 is 6.09 Å². The Morgan fingerprint density at radius 3 is 2.61 bits per heavy atom. The van der Waals surface area contributed by atoms with Crippen molar-refractivity contribution in [3.05, 3.63) is 35.8 Å². The van der Waals surface area contributed by atoms with E-state index in [9.17, 15) is 32.5 Å². The highest BCUT2D eigenvalue weighted by Crippen LogP contribution is 2.36. The van der Waals surface area contributed by atoms with Crippen molar-refractivity contribution in [3.63, 3.8) is 0 Å². The van der Waals surface area contributed by atoms with E-state index in [2.05, 4.69) is 5.16 Å². The number of benzene rings is 1. The Kier molecular flexibility index (Phi) is 6.68. The molecule has 1 amide bonds. The summed E-state index contributed by atoms with van der Waals surface area (Å²) >= 11 is 0. The van der Waals surface area contributed by atoms with Crippen LogP contribution < -0.4 is 9.80 Å². The van der Waals surface area contributed by atoms with Gasteiger partial charge in [-0.05, 0) is 13.0 Å². The summed E-state index contributed by atoms with van der Waals surface area (Å²) in [6, 6.07) is 0.644. The standard InChI is InChI=1S/C17H18F3N4O6P/c1-9(21-27)24(31(28)29)8-11-7-23(17(26)30-11)13-6-12(18)16(15(20)14(13)19)22-4-2-10(25)3-5-22/h2,4,6,11,27-29H,3,5,7-8H2,1H3/b21-9+. The van der Waals surface area contributed by atoms with Crippen LogP contribution in [0.25, 0.3) is 0 Å². The summed E-state index contributed by atoms with van der Waals surface area (Å²) in [5.74, 6) is -4.58. The first-order valence-electron chi connectivity index (χ1n) is 8.91. The number of cyclic esters (lactones) is 1. The molecule has 1 unspecified atom stereocenters. The second-order valence-electron chi connectivity index (χ2n) is 6.69. The number of rotatable bonds is 5. The number of oxime groups is 1. The molecule has 2 aliphatic rings. The molecule has 1 atom stereocenters. The van der Waals surface area contributed by atoms with E-state index in [1.54, 1.807) is 0 Å². The van der Waals surface area contributed by atoms with Crippen LogP contribution in [0.4, 0.5) is 29.3 Å². The fourth-order valence-electron chi connectivity index (χ4n) is 3.17. The van der Waals surface area contributed by atoms with E-state index < -0.39 is 49.5 Å². The summed E-state index contributed by atoms with van der Waals surface area (Å²) < 4.78 is 50.0. The van der Waals surface area contributed by atoms with Gasteiger partial charge in [0.15, 0.2) is 23.2 Å². The van der Waals surface area contributed by atoms with E-state index in [4.69, 9.17) is 9.94 Å². The van der Waals surface area contributed by atoms with E-state index in [0.29, 0.717) is 11.0 Å². The van der Waals surface area contributed by atoms with Crippen molar-refractivity contribution in [3.8, 4) is 0 Å². The Morgan fingerprint density at radius 2 is 2.03 bits per heavy atom. The average molecular weight is 462 g/mol. The molecule has 0 radical (unpaired) electrons. The van der Waals surface area contributed by atoms with E-state index in [0.717, 1.165) is 21.8 Å². The highest BCUT2D eigenvalue weighted by Gasteiger charge is 2.38.